The number of nitrogens with zero attached hydrogens (tertiary/aromatic N) is 1. The van der Waals surface area contributed by atoms with Crippen LogP contribution in [0, 0.1) is 0 Å². The summed E-state index contributed by atoms with van der Waals surface area (Å²) in [7, 11) is 0. The minimum Gasteiger partial charge on any atom is -0.465 e. The fourth-order valence-electron chi connectivity index (χ4n) is 0.851. The van der Waals surface area contributed by atoms with E-state index in [1.165, 1.54) is 12.8 Å². The van der Waals surface area contributed by atoms with Gasteiger partial charge in [0.2, 0.25) is 0 Å². The molecule has 0 unspecified atom stereocenters. The zero-order chi connectivity index (χ0) is 7.94. The molecule has 62 valence electrons. The standard InChI is InChI=1S/C8H14N2O/c1-2-3-4-7-11-8-9-5-6-10-8/h5-6H,2-4,7H2,1H3,(H,9,10). The van der Waals surface area contributed by atoms with E-state index in [-0.39, 0.29) is 0 Å². The van der Waals surface area contributed by atoms with Gasteiger partial charge < -0.3 is 9.72 Å². The molecule has 0 radical (unpaired) electrons. The number of unbranched alkanes of at least 4 members (excludes halogenated alkanes) is 2. The maximum absolute atomic E-state index is 5.28. The lowest BCUT2D eigenvalue weighted by molar-refractivity contribution is 0.285. The molecule has 3 nitrogen and oxygen atoms in total. The summed E-state index contributed by atoms with van der Waals surface area (Å²) in [5, 5.41) is 0. The van der Waals surface area contributed by atoms with Gasteiger partial charge in [-0.05, 0) is 6.42 Å². The quantitative estimate of drug-likeness (QED) is 0.658. The van der Waals surface area contributed by atoms with Crippen molar-refractivity contribution in [3.05, 3.63) is 12.4 Å². The molecule has 1 aromatic heterocycles. The van der Waals surface area contributed by atoms with Crippen molar-refractivity contribution in [2.45, 2.75) is 26.2 Å². The molecule has 1 aromatic rings. The first-order chi connectivity index (χ1) is 5.43. The van der Waals surface area contributed by atoms with Gasteiger partial charge in [-0.1, -0.05) is 19.8 Å². The number of rotatable bonds is 5. The molecule has 0 saturated carbocycles. The van der Waals surface area contributed by atoms with Crippen LogP contribution >= 0.6 is 0 Å². The van der Waals surface area contributed by atoms with Gasteiger partial charge in [-0.3, -0.25) is 0 Å². The van der Waals surface area contributed by atoms with Crippen LogP contribution in [0.4, 0.5) is 0 Å². The SMILES string of the molecule is CCCCCOc1ncc[nH]1. The second-order valence-electron chi connectivity index (χ2n) is 2.45. The number of aromatic nitrogens is 2. The Morgan fingerprint density at radius 3 is 3.09 bits per heavy atom. The predicted octanol–water partition coefficient (Wildman–Crippen LogP) is 1.98. The van der Waals surface area contributed by atoms with Crippen LogP contribution in [0.15, 0.2) is 12.4 Å². The van der Waals surface area contributed by atoms with Gasteiger partial charge in [-0.2, -0.15) is 0 Å². The first kappa shape index (κ1) is 8.11. The summed E-state index contributed by atoms with van der Waals surface area (Å²) in [6, 6.07) is 0.626. The van der Waals surface area contributed by atoms with Crippen molar-refractivity contribution in [2.75, 3.05) is 6.61 Å². The van der Waals surface area contributed by atoms with E-state index in [2.05, 4.69) is 16.9 Å². The molecule has 1 heterocycles. The van der Waals surface area contributed by atoms with Gasteiger partial charge in [0.15, 0.2) is 0 Å². The summed E-state index contributed by atoms with van der Waals surface area (Å²) in [5.74, 6) is 0. The van der Waals surface area contributed by atoms with E-state index in [9.17, 15) is 0 Å². The van der Waals surface area contributed by atoms with Crippen LogP contribution in [-0.4, -0.2) is 16.6 Å². The van der Waals surface area contributed by atoms with Crippen molar-refractivity contribution in [1.82, 2.24) is 9.97 Å². The number of imidazole rings is 1. The highest BCUT2D eigenvalue weighted by Gasteiger charge is 1.92. The normalized spacial score (nSPS) is 9.91. The van der Waals surface area contributed by atoms with Crippen LogP contribution in [0.5, 0.6) is 6.01 Å². The molecule has 0 fully saturated rings. The van der Waals surface area contributed by atoms with Crippen LogP contribution in [0.25, 0.3) is 0 Å². The molecule has 1 rings (SSSR count). The van der Waals surface area contributed by atoms with E-state index in [0.29, 0.717) is 6.01 Å². The maximum Gasteiger partial charge on any atom is 0.293 e. The largest absolute Gasteiger partial charge is 0.465 e. The summed E-state index contributed by atoms with van der Waals surface area (Å²) >= 11 is 0. The highest BCUT2D eigenvalue weighted by atomic mass is 16.5. The number of hydrogen-bond donors (Lipinski definition) is 1. The summed E-state index contributed by atoms with van der Waals surface area (Å²) < 4.78 is 5.28. The molecule has 0 bridgehead atoms. The summed E-state index contributed by atoms with van der Waals surface area (Å²) in [6.45, 7) is 2.94. The van der Waals surface area contributed by atoms with Crippen LogP contribution in [-0.2, 0) is 0 Å². The van der Waals surface area contributed by atoms with Gasteiger partial charge in [0.05, 0.1) is 6.61 Å². The molecule has 1 N–H and O–H groups in total. The Morgan fingerprint density at radius 2 is 2.45 bits per heavy atom. The van der Waals surface area contributed by atoms with E-state index in [1.54, 1.807) is 12.4 Å². The minimum absolute atomic E-state index is 0.626. The monoisotopic (exact) mass is 154 g/mol. The van der Waals surface area contributed by atoms with Gasteiger partial charge in [0.1, 0.15) is 0 Å². The Hall–Kier alpha value is -0.990. The Balaban J connectivity index is 2.04. The van der Waals surface area contributed by atoms with Crippen LogP contribution in [0.2, 0.25) is 0 Å². The van der Waals surface area contributed by atoms with Crippen LogP contribution < -0.4 is 4.74 Å². The average molecular weight is 154 g/mol. The molecule has 0 saturated heterocycles. The first-order valence-electron chi connectivity index (χ1n) is 4.05. The molecule has 0 spiro atoms. The van der Waals surface area contributed by atoms with Crippen molar-refractivity contribution in [3.8, 4) is 6.01 Å². The molecule has 11 heavy (non-hydrogen) atoms. The lowest BCUT2D eigenvalue weighted by Crippen LogP contribution is -1.97. The molecule has 3 heteroatoms. The second-order valence-corrected chi connectivity index (χ2v) is 2.45. The third-order valence-electron chi connectivity index (χ3n) is 1.46. The molecule has 0 aliphatic carbocycles. The lowest BCUT2D eigenvalue weighted by atomic mass is 10.3. The van der Waals surface area contributed by atoms with Gasteiger partial charge in [-0.15, -0.1) is 0 Å². The third-order valence-corrected chi connectivity index (χ3v) is 1.46. The Labute approximate surface area is 66.8 Å². The fourth-order valence-corrected chi connectivity index (χ4v) is 0.851. The van der Waals surface area contributed by atoms with Crippen molar-refractivity contribution in [1.29, 1.82) is 0 Å². The van der Waals surface area contributed by atoms with E-state index < -0.39 is 0 Å². The van der Waals surface area contributed by atoms with Gasteiger partial charge in [0.25, 0.3) is 6.01 Å². The third kappa shape index (κ3) is 3.07. The van der Waals surface area contributed by atoms with Crippen molar-refractivity contribution in [3.63, 3.8) is 0 Å². The molecule has 0 amide bonds. The van der Waals surface area contributed by atoms with Gasteiger partial charge in [-0.25, -0.2) is 4.98 Å². The molecule has 0 aromatic carbocycles. The Kier molecular flexibility index (Phi) is 3.52. The molecule has 0 atom stereocenters. The zero-order valence-electron chi connectivity index (χ0n) is 6.84. The highest BCUT2D eigenvalue weighted by Crippen LogP contribution is 2.00. The molecular formula is C8H14N2O. The minimum atomic E-state index is 0.626. The average Bonchev–Trinajstić information content (AvgIpc) is 2.50. The number of hydrogen-bond acceptors (Lipinski definition) is 2. The topological polar surface area (TPSA) is 37.9 Å². The lowest BCUT2D eigenvalue weighted by Gasteiger charge is -1.99. The van der Waals surface area contributed by atoms with Gasteiger partial charge >= 0.3 is 0 Å². The van der Waals surface area contributed by atoms with E-state index >= 15 is 0 Å². The summed E-state index contributed by atoms with van der Waals surface area (Å²) in [4.78, 5) is 6.82. The highest BCUT2D eigenvalue weighted by molar-refractivity contribution is 4.91. The van der Waals surface area contributed by atoms with Crippen LogP contribution in [0.1, 0.15) is 26.2 Å². The number of aromatic amines is 1. The van der Waals surface area contributed by atoms with Crippen molar-refractivity contribution in [2.24, 2.45) is 0 Å². The molecule has 0 aliphatic heterocycles. The van der Waals surface area contributed by atoms with Crippen LogP contribution in [0.3, 0.4) is 0 Å². The number of nitrogens with one attached hydrogen (secondary N) is 1. The Morgan fingerprint density at radius 1 is 1.55 bits per heavy atom. The maximum atomic E-state index is 5.28. The van der Waals surface area contributed by atoms with E-state index in [4.69, 9.17) is 4.74 Å². The summed E-state index contributed by atoms with van der Waals surface area (Å²) in [6.07, 6.45) is 7.00. The van der Waals surface area contributed by atoms with E-state index in [1.807, 2.05) is 0 Å². The number of H-pyrrole nitrogens is 1. The van der Waals surface area contributed by atoms with E-state index in [0.717, 1.165) is 13.0 Å². The summed E-state index contributed by atoms with van der Waals surface area (Å²) in [5.41, 5.74) is 0. The fraction of sp³-hybridized carbons (Fsp3) is 0.625. The molecule has 0 aliphatic rings. The predicted molar refractivity (Wildman–Crippen MR) is 43.6 cm³/mol. The zero-order valence-corrected chi connectivity index (χ0v) is 6.84. The number of ether oxygens (including phenoxy) is 1. The smallest absolute Gasteiger partial charge is 0.293 e. The Bertz CT molecular complexity index is 172. The van der Waals surface area contributed by atoms with Crippen molar-refractivity contribution >= 4 is 0 Å². The molecular weight excluding hydrogens is 140 g/mol. The van der Waals surface area contributed by atoms with Gasteiger partial charge in [0, 0.05) is 12.4 Å². The first-order valence-corrected chi connectivity index (χ1v) is 4.05. The second kappa shape index (κ2) is 4.77. The van der Waals surface area contributed by atoms with Crippen molar-refractivity contribution < 1.29 is 4.74 Å².